The van der Waals surface area contributed by atoms with Gasteiger partial charge >= 0.3 is 0 Å². The van der Waals surface area contributed by atoms with Crippen molar-refractivity contribution in [3.63, 3.8) is 0 Å². The Morgan fingerprint density at radius 2 is 2.13 bits per heavy atom. The van der Waals surface area contributed by atoms with Gasteiger partial charge in [-0.15, -0.1) is 0 Å². The molecule has 0 aliphatic heterocycles. The fourth-order valence-electron chi connectivity index (χ4n) is 0.896. The second kappa shape index (κ2) is 4.94. The van der Waals surface area contributed by atoms with Gasteiger partial charge in [-0.05, 0) is 12.1 Å². The highest BCUT2D eigenvalue weighted by Gasteiger charge is 2.12. The van der Waals surface area contributed by atoms with Crippen molar-refractivity contribution in [2.24, 2.45) is 0 Å². The first-order chi connectivity index (χ1) is 7.00. The van der Waals surface area contributed by atoms with E-state index in [2.05, 4.69) is 0 Å². The van der Waals surface area contributed by atoms with Gasteiger partial charge in [0.15, 0.2) is 11.1 Å². The summed E-state index contributed by atoms with van der Waals surface area (Å²) in [5, 5.41) is 2.01. The number of hydrogen-bond donors (Lipinski definition) is 2. The summed E-state index contributed by atoms with van der Waals surface area (Å²) in [6.07, 6.45) is 0. The summed E-state index contributed by atoms with van der Waals surface area (Å²) in [5.74, 6) is -3.18. The molecule has 82 valence electrons. The fraction of sp³-hybridized carbons (Fsp3) is 0.125. The largest absolute Gasteiger partial charge is 0.338 e. The highest BCUT2D eigenvalue weighted by atomic mass is 32.2. The van der Waals surface area contributed by atoms with E-state index in [1.165, 1.54) is 0 Å². The van der Waals surface area contributed by atoms with Gasteiger partial charge in [0.1, 0.15) is 17.5 Å². The highest BCUT2D eigenvalue weighted by molar-refractivity contribution is 7.79. The van der Waals surface area contributed by atoms with Gasteiger partial charge in [-0.3, -0.25) is 4.79 Å². The number of carbonyl (C=O) groups is 1. The molecular formula is C8H7F2NO3S. The van der Waals surface area contributed by atoms with Gasteiger partial charge in [0.2, 0.25) is 0 Å². The Hall–Kier alpha value is -1.34. The Labute approximate surface area is 86.6 Å². The van der Waals surface area contributed by atoms with Crippen LogP contribution in [0, 0.1) is 11.6 Å². The lowest BCUT2D eigenvalue weighted by molar-refractivity contribution is 0.0955. The Morgan fingerprint density at radius 3 is 2.67 bits per heavy atom. The summed E-state index contributed by atoms with van der Waals surface area (Å²) in [7, 11) is 0. The van der Waals surface area contributed by atoms with Gasteiger partial charge in [-0.25, -0.2) is 13.0 Å². The van der Waals surface area contributed by atoms with E-state index in [0.717, 1.165) is 12.1 Å². The van der Waals surface area contributed by atoms with E-state index in [1.54, 1.807) is 0 Å². The van der Waals surface area contributed by atoms with Crippen LogP contribution in [0.5, 0.6) is 0 Å². The summed E-state index contributed by atoms with van der Waals surface area (Å²) in [5.41, 5.74) is -0.373. The lowest BCUT2D eigenvalue weighted by Crippen LogP contribution is -2.27. The van der Waals surface area contributed by atoms with Gasteiger partial charge in [-0.1, -0.05) is 0 Å². The molecule has 1 unspecified atom stereocenters. The van der Waals surface area contributed by atoms with Crippen molar-refractivity contribution in [2.45, 2.75) is 0 Å². The summed E-state index contributed by atoms with van der Waals surface area (Å²) < 4.78 is 44.0. The molecule has 1 rings (SSSR count). The number of halogens is 2. The molecular weight excluding hydrogens is 228 g/mol. The first kappa shape index (κ1) is 11.7. The Kier molecular flexibility index (Phi) is 3.87. The van der Waals surface area contributed by atoms with Crippen molar-refractivity contribution in [1.29, 1.82) is 0 Å². The summed E-state index contributed by atoms with van der Waals surface area (Å²) in [6.45, 7) is 0. The third kappa shape index (κ3) is 3.37. The maximum absolute atomic E-state index is 13.0. The molecule has 0 saturated heterocycles. The van der Waals surface area contributed by atoms with Crippen molar-refractivity contribution in [3.8, 4) is 0 Å². The lowest BCUT2D eigenvalue weighted by atomic mass is 10.2. The lowest BCUT2D eigenvalue weighted by Gasteiger charge is -2.03. The molecule has 0 spiro atoms. The molecule has 0 heterocycles. The summed E-state index contributed by atoms with van der Waals surface area (Å²) >= 11 is -2.20. The van der Waals surface area contributed by atoms with Crippen LogP contribution in [0.3, 0.4) is 0 Å². The van der Waals surface area contributed by atoms with Crippen molar-refractivity contribution in [2.75, 3.05) is 5.88 Å². The minimum Gasteiger partial charge on any atom is -0.338 e. The number of rotatable bonds is 3. The number of hydrogen-bond acceptors (Lipinski definition) is 2. The third-order valence-electron chi connectivity index (χ3n) is 1.53. The minimum atomic E-state index is -2.20. The van der Waals surface area contributed by atoms with Gasteiger partial charge in [0, 0.05) is 6.07 Å². The van der Waals surface area contributed by atoms with E-state index in [0.29, 0.717) is 6.07 Å². The van der Waals surface area contributed by atoms with E-state index < -0.39 is 34.5 Å². The Bertz CT molecular complexity index is 411. The number of amides is 1. The smallest absolute Gasteiger partial charge is 0.255 e. The van der Waals surface area contributed by atoms with Gasteiger partial charge in [0.05, 0.1) is 5.56 Å². The minimum absolute atomic E-state index is 0.373. The zero-order valence-electron chi connectivity index (χ0n) is 7.37. The van der Waals surface area contributed by atoms with Crippen molar-refractivity contribution < 1.29 is 22.3 Å². The fourth-order valence-corrected chi connectivity index (χ4v) is 1.15. The van der Waals surface area contributed by atoms with Crippen LogP contribution < -0.4 is 5.32 Å². The van der Waals surface area contributed by atoms with Crippen LogP contribution in [-0.2, 0) is 11.1 Å². The number of benzene rings is 1. The molecule has 7 heteroatoms. The zero-order valence-corrected chi connectivity index (χ0v) is 8.18. The maximum Gasteiger partial charge on any atom is 0.255 e. The normalized spacial score (nSPS) is 12.2. The van der Waals surface area contributed by atoms with Crippen LogP contribution in [0.15, 0.2) is 18.2 Å². The van der Waals surface area contributed by atoms with Crippen LogP contribution in [0.1, 0.15) is 10.4 Å². The Morgan fingerprint density at radius 1 is 1.47 bits per heavy atom. The second-order valence-electron chi connectivity index (χ2n) is 2.60. The number of nitrogens with one attached hydrogen (secondary N) is 1. The molecule has 4 nitrogen and oxygen atoms in total. The van der Waals surface area contributed by atoms with Crippen molar-refractivity contribution in [1.82, 2.24) is 5.32 Å². The standard InChI is InChI=1S/C8H7F2NO3S/c9-5-1-2-6(7(10)3-5)8(12)11-4-15(13)14/h1-3H,4H2,(H,11,12)(H,13,14). The predicted octanol–water partition coefficient (Wildman–Crippen LogP) is 0.874. The Balaban J connectivity index is 2.78. The van der Waals surface area contributed by atoms with Crippen LogP contribution >= 0.6 is 0 Å². The molecule has 2 N–H and O–H groups in total. The van der Waals surface area contributed by atoms with Crippen LogP contribution in [0.2, 0.25) is 0 Å². The molecule has 1 atom stereocenters. The van der Waals surface area contributed by atoms with E-state index in [9.17, 15) is 17.8 Å². The average Bonchev–Trinajstić information content (AvgIpc) is 2.14. The highest BCUT2D eigenvalue weighted by Crippen LogP contribution is 2.08. The molecule has 0 saturated carbocycles. The summed E-state index contributed by atoms with van der Waals surface area (Å²) in [4.78, 5) is 11.2. The van der Waals surface area contributed by atoms with E-state index >= 15 is 0 Å². The topological polar surface area (TPSA) is 66.4 Å². The van der Waals surface area contributed by atoms with Gasteiger partial charge in [0.25, 0.3) is 5.91 Å². The quantitative estimate of drug-likeness (QED) is 0.764. The van der Waals surface area contributed by atoms with Crippen molar-refractivity contribution in [3.05, 3.63) is 35.4 Å². The molecule has 1 aromatic carbocycles. The third-order valence-corrected chi connectivity index (χ3v) is 1.92. The molecule has 15 heavy (non-hydrogen) atoms. The molecule has 0 aromatic heterocycles. The van der Waals surface area contributed by atoms with Crippen LogP contribution in [-0.4, -0.2) is 20.5 Å². The SMILES string of the molecule is O=C(NCS(=O)O)c1ccc(F)cc1F. The molecule has 0 fully saturated rings. The number of carbonyl (C=O) groups excluding carboxylic acids is 1. The van der Waals surface area contributed by atoms with Gasteiger partial charge in [-0.2, -0.15) is 0 Å². The monoisotopic (exact) mass is 235 g/mol. The van der Waals surface area contributed by atoms with Crippen LogP contribution in [0.4, 0.5) is 8.78 Å². The molecule has 0 aliphatic rings. The van der Waals surface area contributed by atoms with Crippen LogP contribution in [0.25, 0.3) is 0 Å². The van der Waals surface area contributed by atoms with E-state index in [4.69, 9.17) is 4.55 Å². The molecule has 0 radical (unpaired) electrons. The first-order valence-electron chi connectivity index (χ1n) is 3.81. The van der Waals surface area contributed by atoms with Gasteiger partial charge < -0.3 is 9.87 Å². The summed E-state index contributed by atoms with van der Waals surface area (Å²) in [6, 6.07) is 2.44. The van der Waals surface area contributed by atoms with E-state index in [1.807, 2.05) is 5.32 Å². The maximum atomic E-state index is 13.0. The molecule has 0 aliphatic carbocycles. The van der Waals surface area contributed by atoms with Crippen molar-refractivity contribution >= 4 is 17.0 Å². The predicted molar refractivity (Wildman–Crippen MR) is 49.5 cm³/mol. The molecule has 0 bridgehead atoms. The first-order valence-corrected chi connectivity index (χ1v) is 5.09. The molecule has 1 amide bonds. The average molecular weight is 235 g/mol. The zero-order chi connectivity index (χ0) is 11.4. The second-order valence-corrected chi connectivity index (χ2v) is 3.53. The molecule has 1 aromatic rings. The van der Waals surface area contributed by atoms with E-state index in [-0.39, 0.29) is 5.56 Å².